The van der Waals surface area contributed by atoms with Crippen molar-refractivity contribution in [2.24, 2.45) is 0 Å². The molecule has 6 heteroatoms. The zero-order valence-corrected chi connectivity index (χ0v) is 10.6. The van der Waals surface area contributed by atoms with E-state index >= 15 is 0 Å². The maximum absolute atomic E-state index is 12.4. The molecule has 0 bridgehead atoms. The van der Waals surface area contributed by atoms with Gasteiger partial charge in [0.1, 0.15) is 0 Å². The van der Waals surface area contributed by atoms with E-state index in [9.17, 15) is 4.79 Å². The van der Waals surface area contributed by atoms with Crippen molar-refractivity contribution >= 4 is 5.91 Å². The number of morpholine rings is 1. The molecule has 1 atom stereocenters. The molecule has 2 fully saturated rings. The summed E-state index contributed by atoms with van der Waals surface area (Å²) in [5.41, 5.74) is 1.52. The third-order valence-corrected chi connectivity index (χ3v) is 3.79. The van der Waals surface area contributed by atoms with Crippen molar-refractivity contribution in [2.45, 2.75) is 13.0 Å². The number of piperazine rings is 1. The second-order valence-electron chi connectivity index (χ2n) is 4.92. The Kier molecular flexibility index (Phi) is 3.05. The Hall–Kier alpha value is -1.40. The van der Waals surface area contributed by atoms with Gasteiger partial charge in [-0.1, -0.05) is 0 Å². The van der Waals surface area contributed by atoms with E-state index in [1.54, 1.807) is 6.20 Å². The third kappa shape index (κ3) is 2.02. The highest BCUT2D eigenvalue weighted by molar-refractivity contribution is 5.95. The fraction of sp³-hybridized carbons (Fsp3) is 0.667. The summed E-state index contributed by atoms with van der Waals surface area (Å²) in [5.74, 6) is 0.0754. The molecule has 1 aromatic heterocycles. The van der Waals surface area contributed by atoms with E-state index in [-0.39, 0.29) is 5.91 Å². The Balaban J connectivity index is 1.70. The number of carbonyl (C=O) groups excluding carboxylic acids is 1. The highest BCUT2D eigenvalue weighted by Crippen LogP contribution is 2.16. The zero-order valence-electron chi connectivity index (χ0n) is 10.6. The highest BCUT2D eigenvalue weighted by atomic mass is 16.5. The van der Waals surface area contributed by atoms with Crippen molar-refractivity contribution in [1.29, 1.82) is 0 Å². The average molecular weight is 250 g/mol. The van der Waals surface area contributed by atoms with Gasteiger partial charge in [0.2, 0.25) is 0 Å². The Labute approximate surface area is 106 Å². The van der Waals surface area contributed by atoms with Crippen LogP contribution in [0.2, 0.25) is 0 Å². The van der Waals surface area contributed by atoms with Crippen LogP contribution in [0.3, 0.4) is 0 Å². The molecule has 0 radical (unpaired) electrons. The number of rotatable bonds is 1. The Bertz CT molecular complexity index is 445. The van der Waals surface area contributed by atoms with Gasteiger partial charge in [0.15, 0.2) is 0 Å². The van der Waals surface area contributed by atoms with Crippen molar-refractivity contribution in [3.8, 4) is 0 Å². The van der Waals surface area contributed by atoms with Gasteiger partial charge in [-0.05, 0) is 6.92 Å². The molecule has 1 aromatic rings. The van der Waals surface area contributed by atoms with Crippen LogP contribution in [0.1, 0.15) is 16.1 Å². The van der Waals surface area contributed by atoms with Crippen LogP contribution < -0.4 is 0 Å². The number of aryl methyl sites for hydroxylation is 1. The van der Waals surface area contributed by atoms with E-state index in [1.807, 2.05) is 11.8 Å². The smallest absolute Gasteiger partial charge is 0.257 e. The molecular weight excluding hydrogens is 232 g/mol. The molecule has 0 spiro atoms. The second-order valence-corrected chi connectivity index (χ2v) is 4.92. The molecule has 0 saturated carbocycles. The number of nitrogens with zero attached hydrogens (tertiary/aromatic N) is 3. The number of aromatic nitrogens is 2. The van der Waals surface area contributed by atoms with Crippen LogP contribution >= 0.6 is 0 Å². The van der Waals surface area contributed by atoms with Crippen LogP contribution in [0.5, 0.6) is 0 Å². The molecule has 2 aliphatic heterocycles. The van der Waals surface area contributed by atoms with Crippen molar-refractivity contribution in [3.05, 3.63) is 17.5 Å². The lowest BCUT2D eigenvalue weighted by Gasteiger charge is -2.43. The number of hydrogen-bond donors (Lipinski definition) is 1. The van der Waals surface area contributed by atoms with Gasteiger partial charge in [-0.2, -0.15) is 5.10 Å². The quantitative estimate of drug-likeness (QED) is 0.754. The largest absolute Gasteiger partial charge is 0.378 e. The first kappa shape index (κ1) is 11.7. The lowest BCUT2D eigenvalue weighted by atomic mass is 10.1. The van der Waals surface area contributed by atoms with Gasteiger partial charge in [-0.15, -0.1) is 0 Å². The minimum Gasteiger partial charge on any atom is -0.378 e. The van der Waals surface area contributed by atoms with E-state index in [1.165, 1.54) is 0 Å². The fourth-order valence-electron chi connectivity index (χ4n) is 2.67. The average Bonchev–Trinajstić information content (AvgIpc) is 2.83. The molecule has 2 saturated heterocycles. The Morgan fingerprint density at radius 3 is 3.17 bits per heavy atom. The summed E-state index contributed by atoms with van der Waals surface area (Å²) in [6, 6.07) is 0.351. The van der Waals surface area contributed by atoms with E-state index < -0.39 is 0 Å². The molecule has 3 rings (SSSR count). The molecule has 18 heavy (non-hydrogen) atoms. The number of carbonyl (C=O) groups is 1. The van der Waals surface area contributed by atoms with Gasteiger partial charge in [-0.3, -0.25) is 14.8 Å². The van der Waals surface area contributed by atoms with Crippen molar-refractivity contribution in [1.82, 2.24) is 20.0 Å². The first-order chi connectivity index (χ1) is 8.75. The third-order valence-electron chi connectivity index (χ3n) is 3.79. The first-order valence-electron chi connectivity index (χ1n) is 6.37. The minimum atomic E-state index is 0.0754. The number of aromatic amines is 1. The molecule has 1 amide bonds. The second kappa shape index (κ2) is 4.70. The molecule has 3 heterocycles. The zero-order chi connectivity index (χ0) is 12.5. The summed E-state index contributed by atoms with van der Waals surface area (Å²) in [7, 11) is 0. The molecule has 0 aliphatic carbocycles. The van der Waals surface area contributed by atoms with Crippen molar-refractivity contribution < 1.29 is 9.53 Å². The van der Waals surface area contributed by atoms with Crippen molar-refractivity contribution in [3.63, 3.8) is 0 Å². The minimum absolute atomic E-state index is 0.0754. The number of H-pyrrole nitrogens is 1. The van der Waals surface area contributed by atoms with Crippen LogP contribution in [0.4, 0.5) is 0 Å². The van der Waals surface area contributed by atoms with E-state index in [0.29, 0.717) is 11.6 Å². The lowest BCUT2D eigenvalue weighted by molar-refractivity contribution is -0.0395. The Morgan fingerprint density at radius 1 is 1.50 bits per heavy atom. The Morgan fingerprint density at radius 2 is 2.39 bits per heavy atom. The number of amides is 1. The molecule has 1 unspecified atom stereocenters. The summed E-state index contributed by atoms with van der Waals surface area (Å²) in [4.78, 5) is 16.7. The summed E-state index contributed by atoms with van der Waals surface area (Å²) < 4.78 is 5.48. The molecule has 1 N–H and O–H groups in total. The maximum atomic E-state index is 12.4. The normalized spacial score (nSPS) is 24.9. The van der Waals surface area contributed by atoms with Gasteiger partial charge in [0.25, 0.3) is 5.91 Å². The topological polar surface area (TPSA) is 61.5 Å². The van der Waals surface area contributed by atoms with Crippen LogP contribution in [0.25, 0.3) is 0 Å². The standard InChI is InChI=1S/C12H18N4O2/c1-9-11(6-13-14-9)12(17)16-3-2-15-4-5-18-8-10(15)7-16/h6,10H,2-5,7-8H2,1H3,(H,13,14). The summed E-state index contributed by atoms with van der Waals surface area (Å²) in [5, 5.41) is 6.72. The number of ether oxygens (including phenoxy) is 1. The number of fused-ring (bicyclic) bond motifs is 1. The van der Waals surface area contributed by atoms with Crippen LogP contribution in [0.15, 0.2) is 6.20 Å². The number of hydrogen-bond acceptors (Lipinski definition) is 4. The molecule has 2 aliphatic rings. The van der Waals surface area contributed by atoms with Gasteiger partial charge in [-0.25, -0.2) is 0 Å². The monoisotopic (exact) mass is 250 g/mol. The molecule has 6 nitrogen and oxygen atoms in total. The van der Waals surface area contributed by atoms with Crippen molar-refractivity contribution in [2.75, 3.05) is 39.4 Å². The molecule has 0 aromatic carbocycles. The van der Waals surface area contributed by atoms with E-state index in [4.69, 9.17) is 4.74 Å². The predicted octanol–water partition coefficient (Wildman–Crippen LogP) is -0.125. The highest BCUT2D eigenvalue weighted by Gasteiger charge is 2.32. The molecule has 98 valence electrons. The van der Waals surface area contributed by atoms with Gasteiger partial charge in [0.05, 0.1) is 31.0 Å². The number of nitrogens with one attached hydrogen (secondary N) is 1. The van der Waals surface area contributed by atoms with Crippen LogP contribution in [0, 0.1) is 6.92 Å². The SMILES string of the molecule is Cc1[nH]ncc1C(=O)N1CCN2CCOCC2C1. The fourth-order valence-corrected chi connectivity index (χ4v) is 2.67. The maximum Gasteiger partial charge on any atom is 0.257 e. The summed E-state index contributed by atoms with van der Waals surface area (Å²) in [6.07, 6.45) is 1.61. The first-order valence-corrected chi connectivity index (χ1v) is 6.37. The van der Waals surface area contributed by atoms with Gasteiger partial charge in [0, 0.05) is 31.9 Å². The lowest BCUT2D eigenvalue weighted by Crippen LogP contribution is -2.59. The van der Waals surface area contributed by atoms with E-state index in [0.717, 1.165) is 45.1 Å². The van der Waals surface area contributed by atoms with Crippen LogP contribution in [-0.2, 0) is 4.74 Å². The molecular formula is C12H18N4O2. The summed E-state index contributed by atoms with van der Waals surface area (Å²) >= 11 is 0. The summed E-state index contributed by atoms with van der Waals surface area (Å²) in [6.45, 7) is 6.89. The van der Waals surface area contributed by atoms with Crippen LogP contribution in [-0.4, -0.2) is 71.3 Å². The van der Waals surface area contributed by atoms with E-state index in [2.05, 4.69) is 15.1 Å². The van der Waals surface area contributed by atoms with Gasteiger partial charge >= 0.3 is 0 Å². The predicted molar refractivity (Wildman–Crippen MR) is 65.4 cm³/mol. The van der Waals surface area contributed by atoms with Gasteiger partial charge < -0.3 is 9.64 Å².